The average Bonchev–Trinajstić information content (AvgIpc) is 2.27. The molecule has 0 fully saturated rings. The minimum absolute atomic E-state index is 0. The minimum atomic E-state index is 0. The molecule has 0 N–H and O–H groups in total. The van der Waals surface area contributed by atoms with Crippen LogP contribution >= 0.6 is 21.0 Å². The van der Waals surface area contributed by atoms with Gasteiger partial charge in [-0.15, -0.1) is 12.4 Å². The number of rotatable bonds is 2. The van der Waals surface area contributed by atoms with Crippen molar-refractivity contribution in [3.05, 3.63) is 58.7 Å². The molecule has 2 aromatic rings. The highest BCUT2D eigenvalue weighted by Crippen LogP contribution is 2.20. The highest BCUT2D eigenvalue weighted by molar-refractivity contribution is 7.56. The van der Waals surface area contributed by atoms with E-state index in [0.29, 0.717) is 0 Å². The third-order valence-electron chi connectivity index (χ3n) is 3.21. The van der Waals surface area contributed by atoms with E-state index in [2.05, 4.69) is 64.1 Å². The lowest BCUT2D eigenvalue weighted by Crippen LogP contribution is -2.14. The molecule has 0 saturated heterocycles. The van der Waals surface area contributed by atoms with E-state index in [4.69, 9.17) is 0 Å². The van der Waals surface area contributed by atoms with Gasteiger partial charge >= 0.3 is 0 Å². The quantitative estimate of drug-likeness (QED) is 0.729. The van der Waals surface area contributed by atoms with Crippen LogP contribution in [0.25, 0.3) is 0 Å². The zero-order chi connectivity index (χ0) is 12.4. The number of hydrogen-bond donors (Lipinski definition) is 0. The van der Waals surface area contributed by atoms with Crippen molar-refractivity contribution in [3.63, 3.8) is 0 Å². The van der Waals surface area contributed by atoms with Gasteiger partial charge in [0.2, 0.25) is 0 Å². The minimum Gasteiger partial charge on any atom is -0.147 e. The van der Waals surface area contributed by atoms with Crippen molar-refractivity contribution in [1.82, 2.24) is 0 Å². The Morgan fingerprint density at radius 2 is 0.889 bits per heavy atom. The van der Waals surface area contributed by atoms with Gasteiger partial charge in [-0.3, -0.25) is 0 Å². The van der Waals surface area contributed by atoms with E-state index >= 15 is 0 Å². The van der Waals surface area contributed by atoms with Crippen LogP contribution in [-0.4, -0.2) is 0 Å². The molecule has 0 radical (unpaired) electrons. The van der Waals surface area contributed by atoms with Crippen LogP contribution in [0.4, 0.5) is 0 Å². The summed E-state index contributed by atoms with van der Waals surface area (Å²) in [4.78, 5) is 0. The first-order valence-electron chi connectivity index (χ1n) is 5.99. The summed E-state index contributed by atoms with van der Waals surface area (Å²) < 4.78 is 0. The Balaban J connectivity index is 0.00000162. The number of benzene rings is 2. The standard InChI is InChI=1S/C16H19P.ClH/c1-11-7-5-8-12(2)15(11)17-16-13(3)9-6-10-14(16)4;/h5-10,17H,1-4H3;1H. The first kappa shape index (κ1) is 15.2. The Hall–Kier alpha value is -0.840. The molecule has 0 aromatic heterocycles. The van der Waals surface area contributed by atoms with Crippen LogP contribution in [0.15, 0.2) is 36.4 Å². The smallest absolute Gasteiger partial charge is 0.0168 e. The van der Waals surface area contributed by atoms with Gasteiger partial charge in [-0.25, -0.2) is 0 Å². The first-order chi connectivity index (χ1) is 8.09. The van der Waals surface area contributed by atoms with Crippen LogP contribution in [0.5, 0.6) is 0 Å². The van der Waals surface area contributed by atoms with Gasteiger partial charge in [-0.05, 0) is 60.6 Å². The molecule has 0 aliphatic heterocycles. The summed E-state index contributed by atoms with van der Waals surface area (Å²) in [6.45, 7) is 8.84. The molecule has 96 valence electrons. The normalized spacial score (nSPS) is 10.0. The Labute approximate surface area is 118 Å². The second-order valence-electron chi connectivity index (χ2n) is 4.66. The summed E-state index contributed by atoms with van der Waals surface area (Å²) in [5.41, 5.74) is 5.63. The van der Waals surface area contributed by atoms with Crippen LogP contribution in [0.3, 0.4) is 0 Å². The zero-order valence-corrected chi connectivity index (χ0v) is 13.2. The van der Waals surface area contributed by atoms with Gasteiger partial charge < -0.3 is 0 Å². The molecule has 18 heavy (non-hydrogen) atoms. The Morgan fingerprint density at radius 1 is 0.611 bits per heavy atom. The monoisotopic (exact) mass is 278 g/mol. The molecule has 0 heterocycles. The molecule has 0 aliphatic carbocycles. The van der Waals surface area contributed by atoms with Crippen molar-refractivity contribution in [2.24, 2.45) is 0 Å². The molecule has 0 unspecified atom stereocenters. The van der Waals surface area contributed by atoms with E-state index in [9.17, 15) is 0 Å². The van der Waals surface area contributed by atoms with Crippen molar-refractivity contribution >= 4 is 31.6 Å². The van der Waals surface area contributed by atoms with Gasteiger partial charge in [-0.1, -0.05) is 45.0 Å². The highest BCUT2D eigenvalue weighted by atomic mass is 35.5. The van der Waals surface area contributed by atoms with Crippen molar-refractivity contribution in [1.29, 1.82) is 0 Å². The second-order valence-corrected chi connectivity index (χ2v) is 5.91. The maximum atomic E-state index is 2.21. The van der Waals surface area contributed by atoms with E-state index in [-0.39, 0.29) is 12.4 Å². The number of aryl methyl sites for hydroxylation is 4. The highest BCUT2D eigenvalue weighted by Gasteiger charge is 2.07. The maximum Gasteiger partial charge on any atom is -0.0168 e. The summed E-state index contributed by atoms with van der Waals surface area (Å²) in [6.07, 6.45) is 0. The van der Waals surface area contributed by atoms with Crippen LogP contribution in [0, 0.1) is 27.7 Å². The van der Waals surface area contributed by atoms with Crippen molar-refractivity contribution in [2.75, 3.05) is 0 Å². The summed E-state index contributed by atoms with van der Waals surface area (Å²) in [5.74, 6) is 0. The van der Waals surface area contributed by atoms with Gasteiger partial charge in [0.05, 0.1) is 0 Å². The summed E-state index contributed by atoms with van der Waals surface area (Å²) in [5, 5.41) is 3.01. The van der Waals surface area contributed by atoms with Gasteiger partial charge in [0.15, 0.2) is 0 Å². The Bertz CT molecular complexity index is 457. The topological polar surface area (TPSA) is 0 Å². The maximum absolute atomic E-state index is 2.21. The molecular weight excluding hydrogens is 259 g/mol. The second kappa shape index (κ2) is 6.36. The largest absolute Gasteiger partial charge is 0.147 e. The lowest BCUT2D eigenvalue weighted by Gasteiger charge is -2.14. The summed E-state index contributed by atoms with van der Waals surface area (Å²) >= 11 is 0. The Morgan fingerprint density at radius 3 is 1.17 bits per heavy atom. The van der Waals surface area contributed by atoms with E-state index in [1.165, 1.54) is 32.9 Å². The number of halogens is 1. The lowest BCUT2D eigenvalue weighted by atomic mass is 10.1. The van der Waals surface area contributed by atoms with Crippen molar-refractivity contribution < 1.29 is 0 Å². The molecule has 0 nitrogen and oxygen atoms in total. The fraction of sp³-hybridized carbons (Fsp3) is 0.250. The van der Waals surface area contributed by atoms with Crippen LogP contribution in [0.2, 0.25) is 0 Å². The SMILES string of the molecule is Cc1cccc(C)c1Pc1c(C)cccc1C.Cl. The van der Waals surface area contributed by atoms with Gasteiger partial charge in [0.1, 0.15) is 0 Å². The zero-order valence-electron chi connectivity index (χ0n) is 11.4. The van der Waals surface area contributed by atoms with E-state index < -0.39 is 0 Å². The van der Waals surface area contributed by atoms with E-state index in [0.717, 1.165) is 8.58 Å². The fourth-order valence-corrected chi connectivity index (χ4v) is 3.52. The van der Waals surface area contributed by atoms with Gasteiger partial charge in [0, 0.05) is 0 Å². The van der Waals surface area contributed by atoms with E-state index in [1.807, 2.05) is 0 Å². The molecule has 2 rings (SSSR count). The molecule has 2 heteroatoms. The van der Waals surface area contributed by atoms with Gasteiger partial charge in [0.25, 0.3) is 0 Å². The van der Waals surface area contributed by atoms with Crippen LogP contribution in [-0.2, 0) is 0 Å². The Kier molecular flexibility index (Phi) is 5.38. The van der Waals surface area contributed by atoms with Crippen molar-refractivity contribution in [3.8, 4) is 0 Å². The lowest BCUT2D eigenvalue weighted by molar-refractivity contribution is 1.42. The molecule has 0 spiro atoms. The molecule has 0 aliphatic rings. The van der Waals surface area contributed by atoms with Crippen molar-refractivity contribution in [2.45, 2.75) is 27.7 Å². The third-order valence-corrected chi connectivity index (χ3v) is 5.29. The van der Waals surface area contributed by atoms with E-state index in [1.54, 1.807) is 0 Å². The average molecular weight is 279 g/mol. The molecule has 0 atom stereocenters. The molecular formula is C16H20ClP. The van der Waals surface area contributed by atoms with Gasteiger partial charge in [-0.2, -0.15) is 0 Å². The predicted molar refractivity (Wildman–Crippen MR) is 86.7 cm³/mol. The first-order valence-corrected chi connectivity index (χ1v) is 6.99. The third kappa shape index (κ3) is 3.13. The van der Waals surface area contributed by atoms with Crippen LogP contribution < -0.4 is 10.6 Å². The fourth-order valence-electron chi connectivity index (χ4n) is 2.15. The summed E-state index contributed by atoms with van der Waals surface area (Å²) in [6, 6.07) is 13.1. The van der Waals surface area contributed by atoms with Crippen LogP contribution in [0.1, 0.15) is 22.3 Å². The molecule has 0 saturated carbocycles. The predicted octanol–water partition coefficient (Wildman–Crippen LogP) is 3.97. The molecule has 0 bridgehead atoms. The number of hydrogen-bond acceptors (Lipinski definition) is 0. The summed E-state index contributed by atoms with van der Waals surface area (Å²) in [7, 11) is 0.772. The molecule has 2 aromatic carbocycles. The molecule has 0 amide bonds.